The van der Waals surface area contributed by atoms with Gasteiger partial charge in [-0.25, -0.2) is 13.1 Å². The van der Waals surface area contributed by atoms with Crippen molar-refractivity contribution in [3.05, 3.63) is 35.4 Å². The fraction of sp³-hybridized carbons (Fsp3) is 0.533. The lowest BCUT2D eigenvalue weighted by atomic mass is 10.1. The highest BCUT2D eigenvalue weighted by atomic mass is 32.2. The zero-order chi connectivity index (χ0) is 16.0. The molecule has 1 aliphatic heterocycles. The Morgan fingerprint density at radius 2 is 1.86 bits per heavy atom. The van der Waals surface area contributed by atoms with Crippen LogP contribution in [0.15, 0.2) is 24.3 Å². The lowest BCUT2D eigenvalue weighted by molar-refractivity contribution is 0.0929. The van der Waals surface area contributed by atoms with E-state index in [4.69, 9.17) is 0 Å². The second kappa shape index (κ2) is 7.71. The van der Waals surface area contributed by atoms with Crippen LogP contribution in [0, 0.1) is 0 Å². The van der Waals surface area contributed by atoms with E-state index in [9.17, 15) is 13.2 Å². The molecule has 0 spiro atoms. The molecule has 1 aliphatic rings. The first-order valence-electron chi connectivity index (χ1n) is 7.58. The minimum atomic E-state index is -3.20. The van der Waals surface area contributed by atoms with Crippen molar-refractivity contribution in [3.8, 4) is 0 Å². The van der Waals surface area contributed by atoms with Crippen molar-refractivity contribution < 1.29 is 13.2 Å². The maximum atomic E-state index is 12.1. The van der Waals surface area contributed by atoms with Crippen LogP contribution in [0.4, 0.5) is 0 Å². The van der Waals surface area contributed by atoms with Crippen molar-refractivity contribution in [2.75, 3.05) is 18.8 Å². The van der Waals surface area contributed by atoms with Crippen LogP contribution in [0.25, 0.3) is 0 Å². The maximum Gasteiger partial charge on any atom is 0.251 e. The Hall–Kier alpha value is -1.44. The van der Waals surface area contributed by atoms with Crippen LogP contribution in [0.1, 0.15) is 35.7 Å². The van der Waals surface area contributed by atoms with Crippen molar-refractivity contribution in [2.45, 2.75) is 32.4 Å². The molecule has 0 aromatic heterocycles. The Bertz CT molecular complexity index is 593. The normalized spacial score (nSPS) is 16.4. The summed E-state index contributed by atoms with van der Waals surface area (Å²) in [6.07, 6.45) is 1.89. The van der Waals surface area contributed by atoms with Gasteiger partial charge in [-0.1, -0.05) is 12.1 Å². The van der Waals surface area contributed by atoms with Gasteiger partial charge in [-0.3, -0.25) is 4.79 Å². The summed E-state index contributed by atoms with van der Waals surface area (Å²) in [6.45, 7) is 3.70. The van der Waals surface area contributed by atoms with Crippen LogP contribution >= 0.6 is 0 Å². The van der Waals surface area contributed by atoms with Crippen LogP contribution < -0.4 is 15.4 Å². The molecule has 7 heteroatoms. The van der Waals surface area contributed by atoms with E-state index in [0.717, 1.165) is 31.5 Å². The minimum absolute atomic E-state index is 0.0593. The van der Waals surface area contributed by atoms with Gasteiger partial charge in [-0.05, 0) is 50.6 Å². The highest BCUT2D eigenvalue weighted by Gasteiger charge is 2.16. The number of hydrogen-bond acceptors (Lipinski definition) is 4. The molecule has 6 nitrogen and oxygen atoms in total. The van der Waals surface area contributed by atoms with Crippen LogP contribution in [0.3, 0.4) is 0 Å². The lowest BCUT2D eigenvalue weighted by Gasteiger charge is -2.23. The van der Waals surface area contributed by atoms with E-state index in [1.165, 1.54) is 0 Å². The first kappa shape index (κ1) is 16.9. The number of benzene rings is 1. The standard InChI is InChI=1S/C15H23N3O3S/c1-2-22(20,21)17-11-12-3-5-13(6-4-12)15(19)18-14-7-9-16-10-8-14/h3-6,14,16-17H,2,7-11H2,1H3,(H,18,19). The molecule has 1 saturated heterocycles. The molecule has 0 saturated carbocycles. The molecule has 1 heterocycles. The van der Waals surface area contributed by atoms with Gasteiger partial charge in [0.2, 0.25) is 10.0 Å². The average Bonchev–Trinajstić information content (AvgIpc) is 2.54. The van der Waals surface area contributed by atoms with Gasteiger partial charge < -0.3 is 10.6 Å². The first-order chi connectivity index (χ1) is 10.5. The number of sulfonamides is 1. The van der Waals surface area contributed by atoms with E-state index in [-0.39, 0.29) is 24.2 Å². The van der Waals surface area contributed by atoms with Crippen LogP contribution in [-0.4, -0.2) is 39.2 Å². The summed E-state index contributed by atoms with van der Waals surface area (Å²) in [5.41, 5.74) is 1.43. The minimum Gasteiger partial charge on any atom is -0.349 e. The van der Waals surface area contributed by atoms with Gasteiger partial charge in [0, 0.05) is 18.2 Å². The number of nitrogens with one attached hydrogen (secondary N) is 3. The second-order valence-electron chi connectivity index (χ2n) is 5.42. The summed E-state index contributed by atoms with van der Waals surface area (Å²) in [5.74, 6) is -0.0170. The highest BCUT2D eigenvalue weighted by molar-refractivity contribution is 7.89. The van der Waals surface area contributed by atoms with Gasteiger partial charge in [0.1, 0.15) is 0 Å². The molecule has 22 heavy (non-hydrogen) atoms. The monoisotopic (exact) mass is 325 g/mol. The molecule has 122 valence electrons. The molecule has 0 radical (unpaired) electrons. The molecule has 2 rings (SSSR count). The largest absolute Gasteiger partial charge is 0.349 e. The van der Waals surface area contributed by atoms with Gasteiger partial charge in [0.25, 0.3) is 5.91 Å². The molecule has 1 fully saturated rings. The molecular weight excluding hydrogens is 302 g/mol. The van der Waals surface area contributed by atoms with E-state index in [1.807, 2.05) is 0 Å². The fourth-order valence-electron chi connectivity index (χ4n) is 2.30. The van der Waals surface area contributed by atoms with Crippen molar-refractivity contribution >= 4 is 15.9 Å². The SMILES string of the molecule is CCS(=O)(=O)NCc1ccc(C(=O)NC2CCNCC2)cc1. The maximum absolute atomic E-state index is 12.1. The summed E-state index contributed by atoms with van der Waals surface area (Å²) in [5, 5.41) is 6.29. The summed E-state index contributed by atoms with van der Waals surface area (Å²) < 4.78 is 25.3. The summed E-state index contributed by atoms with van der Waals surface area (Å²) in [7, 11) is -3.20. The van der Waals surface area contributed by atoms with E-state index in [2.05, 4.69) is 15.4 Å². The van der Waals surface area contributed by atoms with Crippen LogP contribution in [0.2, 0.25) is 0 Å². The average molecular weight is 325 g/mol. The summed E-state index contributed by atoms with van der Waals surface area (Å²) in [6, 6.07) is 7.23. The molecule has 0 unspecified atom stereocenters. The quantitative estimate of drug-likeness (QED) is 0.715. The zero-order valence-electron chi connectivity index (χ0n) is 12.8. The summed E-state index contributed by atoms with van der Waals surface area (Å²) >= 11 is 0. The van der Waals surface area contributed by atoms with E-state index in [1.54, 1.807) is 31.2 Å². The van der Waals surface area contributed by atoms with Crippen molar-refractivity contribution in [3.63, 3.8) is 0 Å². The molecule has 0 aliphatic carbocycles. The number of piperidine rings is 1. The number of carbonyl (C=O) groups is 1. The third-order valence-electron chi connectivity index (χ3n) is 3.77. The number of rotatable bonds is 6. The van der Waals surface area contributed by atoms with E-state index < -0.39 is 10.0 Å². The first-order valence-corrected chi connectivity index (χ1v) is 9.23. The lowest BCUT2D eigenvalue weighted by Crippen LogP contribution is -2.42. The van der Waals surface area contributed by atoms with Gasteiger partial charge in [0.05, 0.1) is 5.75 Å². The number of hydrogen-bond donors (Lipinski definition) is 3. The van der Waals surface area contributed by atoms with Crippen molar-refractivity contribution in [2.24, 2.45) is 0 Å². The molecule has 1 amide bonds. The molecule has 1 aromatic rings. The van der Waals surface area contributed by atoms with Gasteiger partial charge in [-0.2, -0.15) is 0 Å². The number of amides is 1. The van der Waals surface area contributed by atoms with E-state index in [0.29, 0.717) is 5.56 Å². The molecule has 0 bridgehead atoms. The third kappa shape index (κ3) is 5.08. The molecule has 0 atom stereocenters. The third-order valence-corrected chi connectivity index (χ3v) is 5.11. The molecule has 3 N–H and O–H groups in total. The van der Waals surface area contributed by atoms with Crippen LogP contribution in [-0.2, 0) is 16.6 Å². The van der Waals surface area contributed by atoms with Crippen molar-refractivity contribution in [1.29, 1.82) is 0 Å². The Labute approximate surface area is 131 Å². The Balaban J connectivity index is 1.89. The van der Waals surface area contributed by atoms with E-state index >= 15 is 0 Å². The highest BCUT2D eigenvalue weighted by Crippen LogP contribution is 2.08. The van der Waals surface area contributed by atoms with Gasteiger partial charge in [0.15, 0.2) is 0 Å². The van der Waals surface area contributed by atoms with Crippen molar-refractivity contribution in [1.82, 2.24) is 15.4 Å². The smallest absolute Gasteiger partial charge is 0.251 e. The second-order valence-corrected chi connectivity index (χ2v) is 7.51. The predicted octanol–water partition coefficient (Wildman–Crippen LogP) is 0.608. The topological polar surface area (TPSA) is 87.3 Å². The van der Waals surface area contributed by atoms with Crippen LogP contribution in [0.5, 0.6) is 0 Å². The Morgan fingerprint density at radius 1 is 1.23 bits per heavy atom. The Morgan fingerprint density at radius 3 is 2.45 bits per heavy atom. The predicted molar refractivity (Wildman–Crippen MR) is 86.1 cm³/mol. The zero-order valence-corrected chi connectivity index (χ0v) is 13.6. The van der Waals surface area contributed by atoms with Gasteiger partial charge in [-0.15, -0.1) is 0 Å². The Kier molecular flexibility index (Phi) is 5.93. The molecule has 1 aromatic carbocycles. The number of carbonyl (C=O) groups excluding carboxylic acids is 1. The van der Waals surface area contributed by atoms with Gasteiger partial charge >= 0.3 is 0 Å². The summed E-state index contributed by atoms with van der Waals surface area (Å²) in [4.78, 5) is 12.1. The fourth-order valence-corrected chi connectivity index (χ4v) is 2.90. The molecular formula is C15H23N3O3S.